The van der Waals surface area contributed by atoms with Crippen LogP contribution < -0.4 is 41.0 Å². The summed E-state index contributed by atoms with van der Waals surface area (Å²) in [5.41, 5.74) is 3.22. The molecule has 0 fully saturated rings. The van der Waals surface area contributed by atoms with Gasteiger partial charge in [-0.05, 0) is 67.6 Å². The van der Waals surface area contributed by atoms with Crippen LogP contribution in [0.1, 0.15) is 77.9 Å². The Hall–Kier alpha value is -4.78. The molecule has 0 spiro atoms. The van der Waals surface area contributed by atoms with E-state index in [1.807, 2.05) is 20.1 Å². The summed E-state index contributed by atoms with van der Waals surface area (Å²) >= 11 is -6.04. The molecule has 0 saturated heterocycles. The number of hydrogen-bond acceptors (Lipinski definition) is 19. The molecule has 33 heteroatoms. The molecule has 0 aliphatic rings. The van der Waals surface area contributed by atoms with Crippen LogP contribution in [0.5, 0.6) is 0 Å². The summed E-state index contributed by atoms with van der Waals surface area (Å²) in [5, 5.41) is 29.7. The van der Waals surface area contributed by atoms with Crippen LogP contribution >= 0.6 is 40.8 Å². The number of pyridine rings is 2. The van der Waals surface area contributed by atoms with E-state index < -0.39 is 66.1 Å². The smallest absolute Gasteiger partial charge is 0.256 e. The Morgan fingerprint density at radius 3 is 1.43 bits per heavy atom. The second kappa shape index (κ2) is 32.2. The van der Waals surface area contributed by atoms with Crippen molar-refractivity contribution >= 4 is 120 Å². The van der Waals surface area contributed by atoms with Crippen LogP contribution in [0.15, 0.2) is 117 Å². The normalized spacial score (nSPS) is 11.6. The Morgan fingerprint density at radius 1 is 0.763 bits per heavy atom. The number of carboxylic acid groups (broad SMARTS) is 1. The van der Waals surface area contributed by atoms with Gasteiger partial charge in [0.15, 0.2) is 0 Å². The Balaban J connectivity index is 0.000000408. The minimum absolute atomic E-state index is 0. The maximum atomic E-state index is 13.2. The van der Waals surface area contributed by atoms with Gasteiger partial charge in [0.25, 0.3) is 23.0 Å². The van der Waals surface area contributed by atoms with Crippen molar-refractivity contribution in [1.29, 1.82) is 5.26 Å². The molecule has 0 aliphatic heterocycles. The largest absolute Gasteiger partial charge is 0.368 e. The van der Waals surface area contributed by atoms with Gasteiger partial charge in [0.1, 0.15) is 23.2 Å². The summed E-state index contributed by atoms with van der Waals surface area (Å²) in [5.74, 6) is -1.40. The van der Waals surface area contributed by atoms with E-state index in [0.717, 1.165) is 13.2 Å². The number of thioether (sulfide) groups is 1. The zero-order chi connectivity index (χ0) is 56.2. The van der Waals surface area contributed by atoms with Gasteiger partial charge < -0.3 is 24.6 Å². The number of carboxylic acids is 1. The van der Waals surface area contributed by atoms with Crippen molar-refractivity contribution in [3.63, 3.8) is 0 Å². The zero-order valence-corrected chi connectivity index (χ0v) is 50.1. The van der Waals surface area contributed by atoms with Crippen molar-refractivity contribution in [2.75, 3.05) is 12.5 Å². The van der Waals surface area contributed by atoms with Crippen molar-refractivity contribution in [2.45, 2.75) is 56.1 Å². The number of amides is 2. The number of sulfone groups is 1. The molecule has 1 radical (unpaired) electrons. The maximum Gasteiger partial charge on any atom is 0.368 e. The number of aliphatic carboxylic acids is 1. The average Bonchev–Trinajstić information content (AvgIpc) is 4.20. The number of carbonyl (C=O) groups excluding carboxylic acids is 2. The summed E-state index contributed by atoms with van der Waals surface area (Å²) in [6.45, 7) is 8.36. The fraction of sp³-hybridized carbons (Fsp3) is 0.209. The fourth-order valence-electron chi connectivity index (χ4n) is 6.17. The molecule has 76 heavy (non-hydrogen) atoms. The third-order valence-electron chi connectivity index (χ3n) is 9.24. The summed E-state index contributed by atoms with van der Waals surface area (Å²) < 4.78 is 97.0. The molecule has 8 rings (SSSR count). The summed E-state index contributed by atoms with van der Waals surface area (Å²) in [6.07, 6.45) is 16.1. The predicted molar refractivity (Wildman–Crippen MR) is 262 cm³/mol. The van der Waals surface area contributed by atoms with E-state index >= 15 is 0 Å². The molecule has 6 aromatic heterocycles. The molecule has 2 amide bonds. The number of fused-ring (bicyclic) bond motifs is 2. The number of hydrogen-bond donors (Lipinski definition) is 4. The Kier molecular flexibility index (Phi) is 28.5. The van der Waals surface area contributed by atoms with Crippen LogP contribution in [-0.4, -0.2) is 116 Å². The molecule has 6 heterocycles. The van der Waals surface area contributed by atoms with Gasteiger partial charge in [-0.3, -0.25) is 34.7 Å². The Labute approximate surface area is 482 Å². The number of halogens is 6. The van der Waals surface area contributed by atoms with Crippen molar-refractivity contribution in [3.05, 3.63) is 132 Å². The van der Waals surface area contributed by atoms with E-state index in [1.165, 1.54) is 60.8 Å². The number of oxazole rings is 2. The van der Waals surface area contributed by atoms with Crippen LogP contribution in [0.2, 0.25) is 0 Å². The first-order valence-electron chi connectivity index (χ1n) is 20.5. The van der Waals surface area contributed by atoms with E-state index in [9.17, 15) is 26.8 Å². The van der Waals surface area contributed by atoms with Gasteiger partial charge in [0.2, 0.25) is 9.84 Å². The van der Waals surface area contributed by atoms with E-state index in [4.69, 9.17) is 66.8 Å². The average molecular weight is 1360 g/mol. The summed E-state index contributed by atoms with van der Waals surface area (Å²) in [6, 6.07) is 10.9. The Morgan fingerprint density at radius 2 is 1.12 bits per heavy atom. The van der Waals surface area contributed by atoms with Crippen molar-refractivity contribution < 1.29 is 92.3 Å². The number of nitriles is 1. The van der Waals surface area contributed by atoms with Crippen LogP contribution in [0.25, 0.3) is 33.2 Å². The fourth-order valence-corrected chi connectivity index (χ4v) is 7.00. The van der Waals surface area contributed by atoms with Gasteiger partial charge in [0, 0.05) is 75.9 Å². The molecule has 2 aromatic carbocycles. The maximum absolute atomic E-state index is 13.2. The number of carbonyl (C=O) groups is 3. The van der Waals surface area contributed by atoms with Crippen LogP contribution in [0.3, 0.4) is 0 Å². The van der Waals surface area contributed by atoms with Gasteiger partial charge in [-0.1, -0.05) is 25.6 Å². The molecule has 8 aromatic rings. The van der Waals surface area contributed by atoms with E-state index in [0.29, 0.717) is 62.6 Å². The molecule has 404 valence electrons. The number of benzene rings is 2. The third-order valence-corrected chi connectivity index (χ3v) is 10.6. The van der Waals surface area contributed by atoms with Crippen LogP contribution in [-0.2, 0) is 27.6 Å². The number of nitrogens with one attached hydrogen (secondary N) is 2. The van der Waals surface area contributed by atoms with E-state index in [1.54, 1.807) is 58.4 Å². The SMILES string of the molecule is C#N.CC(=O)O.CC[C@H](NC(=O)c1cncc2c1cnn2-c1ccc(F)cc1)c1cnc(S(C)(=O)=O)o1.CC[C@H](NC(=O)c1cncc2c1cnn2-c1ccc(F)cc1)c1cnc(SC)o1.[Cl][Ru]([Cl])[Cl].[Na].[O-][I+3]([O-])([O-])O. The first-order valence-corrected chi connectivity index (χ1v) is 34.0. The number of aromatic nitrogens is 8. The molecular formula is C43H42Cl3F2IN11NaO12RuS2. The number of rotatable bonds is 12. The third kappa shape index (κ3) is 21.2. The molecule has 23 nitrogen and oxygen atoms in total. The van der Waals surface area contributed by atoms with Crippen LogP contribution in [0.4, 0.5) is 8.78 Å². The molecule has 0 aliphatic carbocycles. The Bertz CT molecular complexity index is 3270. The minimum Gasteiger partial charge on any atom is -0.256 e. The second-order valence-corrected chi connectivity index (χ2v) is 27.1. The molecule has 0 bridgehead atoms. The predicted octanol–water partition coefficient (Wildman–Crippen LogP) is 1.78. The number of nitrogens with zero attached hydrogens (tertiary/aromatic N) is 9. The minimum atomic E-state index is -5.69. The van der Waals surface area contributed by atoms with Crippen molar-refractivity contribution in [3.8, 4) is 17.9 Å². The molecule has 0 unspecified atom stereocenters. The van der Waals surface area contributed by atoms with E-state index in [2.05, 4.69) is 47.3 Å². The molecule has 4 N–H and O–H groups in total. The van der Waals surface area contributed by atoms with Gasteiger partial charge >= 0.3 is 67.4 Å². The van der Waals surface area contributed by atoms with Gasteiger partial charge in [-0.25, -0.2) is 41.8 Å². The molecule has 2 atom stereocenters. The summed E-state index contributed by atoms with van der Waals surface area (Å²) in [4.78, 5) is 51.2. The van der Waals surface area contributed by atoms with Gasteiger partial charge in [-0.15, -0.1) is 0 Å². The molecule has 0 saturated carbocycles. The van der Waals surface area contributed by atoms with Crippen LogP contribution in [0, 0.1) is 23.5 Å². The quantitative estimate of drug-likeness (QED) is 0.0769. The topological polar surface area (TPSA) is 356 Å². The van der Waals surface area contributed by atoms with Gasteiger partial charge in [-0.2, -0.15) is 10.2 Å². The first kappa shape index (κ1) is 67.3. The monoisotopic (exact) mass is 1360 g/mol. The second-order valence-electron chi connectivity index (χ2n) is 14.3. The van der Waals surface area contributed by atoms with Crippen molar-refractivity contribution in [2.24, 2.45) is 0 Å². The van der Waals surface area contributed by atoms with Crippen molar-refractivity contribution in [1.82, 2.24) is 50.1 Å². The van der Waals surface area contributed by atoms with Gasteiger partial charge in [0.05, 0.1) is 82.8 Å². The zero-order valence-electron chi connectivity index (χ0n) is 40.3. The summed E-state index contributed by atoms with van der Waals surface area (Å²) in [7, 11) is 11.3. The first-order chi connectivity index (χ1) is 35.3. The van der Waals surface area contributed by atoms with E-state index in [-0.39, 0.29) is 64.5 Å². The standard InChI is InChI=1S/C20H18FN5O4S.C20H18FN5O2S.C2H4O2.CHN.3ClH.HIO4.Na.Ru/c1-3-16(18-11-23-20(30-18)31(2,28)29)25-19(27)15-8-22-10-17-14(15)9-24-26(17)13-6-4-12(21)5-7-13;1-3-16(18-11-23-20(28-18)29-2)25-19(27)15-8-22-10-17-14(15)9-24-26(17)13-6-4-12(21)5-7-13;1-2(3)4;1-2;;;;2-1(3,4)5;;/h4-11,16H,3H2,1-2H3,(H,25,27);4-11,16H,3H2,1-2H3,(H,25,27);1H3,(H,3,4);1H;3*1H;2H;;/q;;;;;;;;;+3/p-3/t2*16-;;;;;;;;/m00......../s1. The molecular weight excluding hydrogens is 1320 g/mol.